The van der Waals surface area contributed by atoms with E-state index in [9.17, 15) is 0 Å². The first-order valence-corrected chi connectivity index (χ1v) is 6.15. The van der Waals surface area contributed by atoms with Crippen molar-refractivity contribution >= 4 is 23.2 Å². The first-order chi connectivity index (χ1) is 9.24. The summed E-state index contributed by atoms with van der Waals surface area (Å²) in [6.07, 6.45) is 3.26. The van der Waals surface area contributed by atoms with Crippen molar-refractivity contribution < 1.29 is 0 Å². The largest absolute Gasteiger partial charge is 0.252 e. The fraction of sp³-hybridized carbons (Fsp3) is 0. The second kappa shape index (κ2) is 4.95. The number of aromatic nitrogens is 5. The molecule has 5 nitrogen and oxygen atoms in total. The highest BCUT2D eigenvalue weighted by molar-refractivity contribution is 6.30. The zero-order valence-electron chi connectivity index (χ0n) is 9.53. The average Bonchev–Trinajstić information content (AvgIpc) is 2.83. The molecule has 3 aromatic rings. The van der Waals surface area contributed by atoms with E-state index in [-0.39, 0.29) is 5.28 Å². The summed E-state index contributed by atoms with van der Waals surface area (Å²) in [6.45, 7) is 0. The van der Waals surface area contributed by atoms with Gasteiger partial charge in [-0.15, -0.1) is 5.10 Å². The lowest BCUT2D eigenvalue weighted by atomic mass is 10.2. The third-order valence-electron chi connectivity index (χ3n) is 2.43. The van der Waals surface area contributed by atoms with E-state index >= 15 is 0 Å². The summed E-state index contributed by atoms with van der Waals surface area (Å²) in [6, 6.07) is 8.94. The van der Waals surface area contributed by atoms with E-state index in [4.69, 9.17) is 23.2 Å². The number of hydrogen-bond acceptors (Lipinski definition) is 4. The number of halogens is 2. The van der Waals surface area contributed by atoms with Crippen LogP contribution in [0.3, 0.4) is 0 Å². The fourth-order valence-electron chi connectivity index (χ4n) is 1.61. The molecule has 2 aromatic heterocycles. The Morgan fingerprint density at radius 1 is 0.947 bits per heavy atom. The smallest absolute Gasteiger partial charge is 0.220 e. The Bertz CT molecular complexity index is 694. The molecule has 0 spiro atoms. The second-order valence-corrected chi connectivity index (χ2v) is 4.45. The van der Waals surface area contributed by atoms with E-state index in [0.717, 1.165) is 5.56 Å². The summed E-state index contributed by atoms with van der Waals surface area (Å²) in [5, 5.41) is 4.88. The van der Waals surface area contributed by atoms with Crippen LogP contribution in [0.1, 0.15) is 0 Å². The van der Waals surface area contributed by atoms with Crippen LogP contribution in [0.25, 0.3) is 17.3 Å². The van der Waals surface area contributed by atoms with Gasteiger partial charge in [-0.05, 0) is 41.9 Å². The van der Waals surface area contributed by atoms with Crippen LogP contribution in [0, 0.1) is 0 Å². The summed E-state index contributed by atoms with van der Waals surface area (Å²) < 4.78 is 1.49. The molecule has 7 heteroatoms. The molecule has 0 atom stereocenters. The normalized spacial score (nSPS) is 10.6. The van der Waals surface area contributed by atoms with Crippen LogP contribution in [0.5, 0.6) is 0 Å². The van der Waals surface area contributed by atoms with Gasteiger partial charge < -0.3 is 0 Å². The molecule has 0 amide bonds. The summed E-state index contributed by atoms with van der Waals surface area (Å²) in [5.41, 5.74) is 0.830. The Labute approximate surface area is 118 Å². The zero-order chi connectivity index (χ0) is 13.2. The summed E-state index contributed by atoms with van der Waals surface area (Å²) in [4.78, 5) is 12.4. The van der Waals surface area contributed by atoms with Crippen LogP contribution in [0.15, 0.2) is 42.7 Å². The monoisotopic (exact) mass is 291 g/mol. The van der Waals surface area contributed by atoms with E-state index in [1.165, 1.54) is 4.68 Å². The van der Waals surface area contributed by atoms with Gasteiger partial charge in [0.25, 0.3) is 5.95 Å². The van der Waals surface area contributed by atoms with Gasteiger partial charge in [0.05, 0.1) is 0 Å². The predicted octanol–water partition coefficient (Wildman–Crippen LogP) is 3.03. The van der Waals surface area contributed by atoms with Crippen molar-refractivity contribution in [3.05, 3.63) is 53.0 Å². The molecule has 0 saturated heterocycles. The number of hydrogen-bond donors (Lipinski definition) is 0. The molecule has 19 heavy (non-hydrogen) atoms. The summed E-state index contributed by atoms with van der Waals surface area (Å²) >= 11 is 11.7. The Morgan fingerprint density at radius 2 is 1.63 bits per heavy atom. The minimum absolute atomic E-state index is 0.136. The van der Waals surface area contributed by atoms with Crippen molar-refractivity contribution in [3.8, 4) is 17.3 Å². The minimum Gasteiger partial charge on any atom is -0.220 e. The van der Waals surface area contributed by atoms with Crippen LogP contribution in [-0.4, -0.2) is 24.7 Å². The molecular formula is C12H7Cl2N5. The second-order valence-electron chi connectivity index (χ2n) is 3.67. The SMILES string of the molecule is Clc1ccc(-c2nc(Cl)nn2-c2ncccn2)cc1. The standard InChI is InChI=1S/C12H7Cl2N5/c13-9-4-2-8(3-5-9)10-17-11(14)18-19(10)12-15-6-1-7-16-12/h1-7H. The van der Waals surface area contributed by atoms with Crippen molar-refractivity contribution in [2.45, 2.75) is 0 Å². The van der Waals surface area contributed by atoms with Crippen molar-refractivity contribution in [2.24, 2.45) is 0 Å². The van der Waals surface area contributed by atoms with Gasteiger partial charge in [0.15, 0.2) is 5.82 Å². The summed E-state index contributed by atoms with van der Waals surface area (Å²) in [5.74, 6) is 0.972. The van der Waals surface area contributed by atoms with E-state index in [0.29, 0.717) is 16.8 Å². The number of nitrogens with zero attached hydrogens (tertiary/aromatic N) is 5. The van der Waals surface area contributed by atoms with Gasteiger partial charge in [-0.2, -0.15) is 9.67 Å². The van der Waals surface area contributed by atoms with Crippen LogP contribution >= 0.6 is 23.2 Å². The zero-order valence-corrected chi connectivity index (χ0v) is 11.0. The first kappa shape index (κ1) is 12.1. The molecule has 3 rings (SSSR count). The van der Waals surface area contributed by atoms with Gasteiger partial charge in [0.1, 0.15) is 0 Å². The molecule has 0 saturated carbocycles. The molecule has 0 fully saturated rings. The first-order valence-electron chi connectivity index (χ1n) is 5.40. The van der Waals surface area contributed by atoms with Crippen LogP contribution < -0.4 is 0 Å². The Kier molecular flexibility index (Phi) is 3.15. The van der Waals surface area contributed by atoms with Gasteiger partial charge >= 0.3 is 0 Å². The minimum atomic E-state index is 0.136. The Hall–Kier alpha value is -1.98. The lowest BCUT2D eigenvalue weighted by molar-refractivity contribution is 0.814. The highest BCUT2D eigenvalue weighted by Crippen LogP contribution is 2.22. The molecule has 0 bridgehead atoms. The van der Waals surface area contributed by atoms with Crippen LogP contribution in [-0.2, 0) is 0 Å². The number of benzene rings is 1. The lowest BCUT2D eigenvalue weighted by Crippen LogP contribution is -2.04. The third kappa shape index (κ3) is 2.43. The molecule has 1 aromatic carbocycles. The lowest BCUT2D eigenvalue weighted by Gasteiger charge is -2.03. The molecule has 0 unspecified atom stereocenters. The van der Waals surface area contributed by atoms with Crippen molar-refractivity contribution in [1.82, 2.24) is 24.7 Å². The van der Waals surface area contributed by atoms with E-state index in [1.54, 1.807) is 30.6 Å². The molecule has 0 aliphatic heterocycles. The van der Waals surface area contributed by atoms with Gasteiger partial charge in [-0.25, -0.2) is 9.97 Å². The fourth-order valence-corrected chi connectivity index (χ4v) is 1.89. The van der Waals surface area contributed by atoms with E-state index in [1.807, 2.05) is 12.1 Å². The van der Waals surface area contributed by atoms with E-state index < -0.39 is 0 Å². The maximum Gasteiger partial charge on any atom is 0.252 e. The van der Waals surface area contributed by atoms with Crippen molar-refractivity contribution in [2.75, 3.05) is 0 Å². The maximum atomic E-state index is 5.87. The topological polar surface area (TPSA) is 56.5 Å². The molecule has 0 N–H and O–H groups in total. The highest BCUT2D eigenvalue weighted by Gasteiger charge is 2.13. The summed E-state index contributed by atoms with van der Waals surface area (Å²) in [7, 11) is 0. The van der Waals surface area contributed by atoms with Crippen LogP contribution in [0.4, 0.5) is 0 Å². The van der Waals surface area contributed by atoms with Crippen molar-refractivity contribution in [1.29, 1.82) is 0 Å². The quantitative estimate of drug-likeness (QED) is 0.728. The molecule has 94 valence electrons. The van der Waals surface area contributed by atoms with Gasteiger partial charge in [0.2, 0.25) is 5.28 Å². The molecular weight excluding hydrogens is 285 g/mol. The highest BCUT2D eigenvalue weighted by atomic mass is 35.5. The third-order valence-corrected chi connectivity index (χ3v) is 2.84. The maximum absolute atomic E-state index is 5.87. The Balaban J connectivity index is 2.15. The predicted molar refractivity (Wildman–Crippen MR) is 72.4 cm³/mol. The Morgan fingerprint density at radius 3 is 2.32 bits per heavy atom. The van der Waals surface area contributed by atoms with Gasteiger partial charge in [-0.3, -0.25) is 0 Å². The molecule has 0 aliphatic rings. The molecule has 2 heterocycles. The molecule has 0 aliphatic carbocycles. The number of rotatable bonds is 2. The average molecular weight is 292 g/mol. The van der Waals surface area contributed by atoms with E-state index in [2.05, 4.69) is 20.1 Å². The van der Waals surface area contributed by atoms with Crippen LogP contribution in [0.2, 0.25) is 10.3 Å². The van der Waals surface area contributed by atoms with Gasteiger partial charge in [0, 0.05) is 23.0 Å². The van der Waals surface area contributed by atoms with Gasteiger partial charge in [-0.1, -0.05) is 11.6 Å². The van der Waals surface area contributed by atoms with Crippen molar-refractivity contribution in [3.63, 3.8) is 0 Å². The molecule has 0 radical (unpaired) electrons.